The van der Waals surface area contributed by atoms with Gasteiger partial charge in [0.15, 0.2) is 0 Å². The van der Waals surface area contributed by atoms with Gasteiger partial charge in [-0.25, -0.2) is 0 Å². The average molecular weight is 334 g/mol. The van der Waals surface area contributed by atoms with Crippen LogP contribution in [-0.2, 0) is 6.54 Å². The SMILES string of the molecule is Cc1ccccc1CN1CCC(c2nnc(-c3cccnc3)o2)CC1. The number of benzene rings is 1. The first-order chi connectivity index (χ1) is 12.3. The molecule has 25 heavy (non-hydrogen) atoms. The van der Waals surface area contributed by atoms with E-state index in [0.29, 0.717) is 11.8 Å². The molecule has 0 saturated carbocycles. The molecule has 3 heterocycles. The highest BCUT2D eigenvalue weighted by Crippen LogP contribution is 2.29. The van der Waals surface area contributed by atoms with Crippen molar-refractivity contribution in [1.29, 1.82) is 0 Å². The number of pyridine rings is 1. The van der Waals surface area contributed by atoms with Crippen LogP contribution in [0.4, 0.5) is 0 Å². The second kappa shape index (κ2) is 7.15. The Morgan fingerprint density at radius 2 is 1.92 bits per heavy atom. The summed E-state index contributed by atoms with van der Waals surface area (Å²) in [5.74, 6) is 1.67. The molecule has 0 N–H and O–H groups in total. The van der Waals surface area contributed by atoms with Crippen molar-refractivity contribution in [2.24, 2.45) is 0 Å². The lowest BCUT2D eigenvalue weighted by molar-refractivity contribution is 0.193. The van der Waals surface area contributed by atoms with Gasteiger partial charge in [-0.3, -0.25) is 9.88 Å². The van der Waals surface area contributed by atoms with Gasteiger partial charge in [0.2, 0.25) is 11.8 Å². The third kappa shape index (κ3) is 3.61. The zero-order valence-electron chi connectivity index (χ0n) is 14.4. The maximum Gasteiger partial charge on any atom is 0.249 e. The molecule has 5 heteroatoms. The van der Waals surface area contributed by atoms with E-state index in [9.17, 15) is 0 Å². The molecule has 0 unspecified atom stereocenters. The Morgan fingerprint density at radius 3 is 2.68 bits per heavy atom. The Hall–Kier alpha value is -2.53. The highest BCUT2D eigenvalue weighted by atomic mass is 16.4. The van der Waals surface area contributed by atoms with Crippen LogP contribution in [0.15, 0.2) is 53.2 Å². The molecule has 2 aromatic heterocycles. The van der Waals surface area contributed by atoms with Gasteiger partial charge in [-0.2, -0.15) is 0 Å². The van der Waals surface area contributed by atoms with Crippen molar-refractivity contribution in [3.8, 4) is 11.5 Å². The summed E-state index contributed by atoms with van der Waals surface area (Å²) in [5, 5.41) is 8.47. The van der Waals surface area contributed by atoms with Crippen molar-refractivity contribution >= 4 is 0 Å². The topological polar surface area (TPSA) is 55.1 Å². The Labute approximate surface area is 147 Å². The van der Waals surface area contributed by atoms with Gasteiger partial charge in [0, 0.05) is 24.9 Å². The summed E-state index contributed by atoms with van der Waals surface area (Å²) in [6.07, 6.45) is 5.61. The minimum Gasteiger partial charge on any atom is -0.420 e. The number of likely N-dealkylation sites (tertiary alicyclic amines) is 1. The molecule has 0 spiro atoms. The zero-order chi connectivity index (χ0) is 17.1. The van der Waals surface area contributed by atoms with Crippen LogP contribution < -0.4 is 0 Å². The molecule has 1 fully saturated rings. The summed E-state index contributed by atoms with van der Waals surface area (Å²) in [7, 11) is 0. The van der Waals surface area contributed by atoms with Crippen LogP contribution in [0.5, 0.6) is 0 Å². The maximum atomic E-state index is 5.90. The van der Waals surface area contributed by atoms with Crippen LogP contribution in [0, 0.1) is 6.92 Å². The van der Waals surface area contributed by atoms with Crippen LogP contribution in [0.2, 0.25) is 0 Å². The first-order valence-electron chi connectivity index (χ1n) is 8.80. The summed E-state index contributed by atoms with van der Waals surface area (Å²) in [5.41, 5.74) is 3.65. The first kappa shape index (κ1) is 16.0. The predicted molar refractivity (Wildman–Crippen MR) is 96.0 cm³/mol. The van der Waals surface area contributed by atoms with Gasteiger partial charge in [-0.1, -0.05) is 24.3 Å². The van der Waals surface area contributed by atoms with E-state index in [-0.39, 0.29) is 0 Å². The van der Waals surface area contributed by atoms with E-state index in [1.54, 1.807) is 12.4 Å². The standard InChI is InChI=1S/C20H22N4O/c1-15-5-2-3-6-18(15)14-24-11-8-16(9-12-24)19-22-23-20(25-19)17-7-4-10-21-13-17/h2-7,10,13,16H,8-9,11-12,14H2,1H3. The summed E-state index contributed by atoms with van der Waals surface area (Å²) >= 11 is 0. The van der Waals surface area contributed by atoms with Crippen molar-refractivity contribution in [2.75, 3.05) is 13.1 Å². The molecule has 1 aliphatic heterocycles. The van der Waals surface area contributed by atoms with E-state index in [2.05, 4.69) is 51.3 Å². The van der Waals surface area contributed by atoms with Crippen LogP contribution in [0.25, 0.3) is 11.5 Å². The predicted octanol–water partition coefficient (Wildman–Crippen LogP) is 3.82. The van der Waals surface area contributed by atoms with Gasteiger partial charge in [-0.05, 0) is 56.1 Å². The summed E-state index contributed by atoms with van der Waals surface area (Å²) in [4.78, 5) is 6.62. The lowest BCUT2D eigenvalue weighted by Crippen LogP contribution is -2.32. The van der Waals surface area contributed by atoms with Gasteiger partial charge >= 0.3 is 0 Å². The van der Waals surface area contributed by atoms with Crippen molar-refractivity contribution in [3.63, 3.8) is 0 Å². The Morgan fingerprint density at radius 1 is 1.08 bits per heavy atom. The molecule has 0 bridgehead atoms. The van der Waals surface area contributed by atoms with Crippen molar-refractivity contribution < 1.29 is 4.42 Å². The molecule has 0 atom stereocenters. The van der Waals surface area contributed by atoms with Gasteiger partial charge in [-0.15, -0.1) is 10.2 Å². The Bertz CT molecular complexity index is 822. The molecule has 0 radical (unpaired) electrons. The van der Waals surface area contributed by atoms with Gasteiger partial charge in [0.1, 0.15) is 0 Å². The molecular weight excluding hydrogens is 312 g/mol. The largest absolute Gasteiger partial charge is 0.420 e. The molecule has 0 aliphatic carbocycles. The minimum absolute atomic E-state index is 0.353. The second-order valence-electron chi connectivity index (χ2n) is 6.66. The van der Waals surface area contributed by atoms with Crippen LogP contribution >= 0.6 is 0 Å². The first-order valence-corrected chi connectivity index (χ1v) is 8.80. The lowest BCUT2D eigenvalue weighted by atomic mass is 9.96. The molecule has 1 aromatic carbocycles. The van der Waals surface area contributed by atoms with E-state index in [4.69, 9.17) is 4.42 Å². The fourth-order valence-corrected chi connectivity index (χ4v) is 3.37. The molecule has 1 saturated heterocycles. The molecule has 0 amide bonds. The maximum absolute atomic E-state index is 5.90. The number of hydrogen-bond acceptors (Lipinski definition) is 5. The van der Waals surface area contributed by atoms with Crippen molar-refractivity contribution in [2.45, 2.75) is 32.2 Å². The monoisotopic (exact) mass is 334 g/mol. The smallest absolute Gasteiger partial charge is 0.249 e. The van der Waals surface area contributed by atoms with E-state index in [0.717, 1.165) is 43.9 Å². The van der Waals surface area contributed by atoms with E-state index in [1.807, 2.05) is 12.1 Å². The lowest BCUT2D eigenvalue weighted by Gasteiger charge is -2.30. The average Bonchev–Trinajstić information content (AvgIpc) is 3.15. The quantitative estimate of drug-likeness (QED) is 0.726. The summed E-state index contributed by atoms with van der Waals surface area (Å²) in [6.45, 7) is 5.32. The van der Waals surface area contributed by atoms with E-state index >= 15 is 0 Å². The molecular formula is C20H22N4O. The third-order valence-corrected chi connectivity index (χ3v) is 4.94. The molecule has 128 valence electrons. The number of aryl methyl sites for hydroxylation is 1. The molecule has 5 nitrogen and oxygen atoms in total. The highest BCUT2D eigenvalue weighted by Gasteiger charge is 2.25. The number of aromatic nitrogens is 3. The molecule has 4 rings (SSSR count). The normalized spacial score (nSPS) is 16.2. The van der Waals surface area contributed by atoms with Gasteiger partial charge < -0.3 is 4.42 Å². The number of piperidine rings is 1. The van der Waals surface area contributed by atoms with Crippen LogP contribution in [0.1, 0.15) is 35.8 Å². The number of hydrogen-bond donors (Lipinski definition) is 0. The minimum atomic E-state index is 0.353. The van der Waals surface area contributed by atoms with E-state index < -0.39 is 0 Å². The zero-order valence-corrected chi connectivity index (χ0v) is 14.4. The Balaban J connectivity index is 1.38. The highest BCUT2D eigenvalue weighted by molar-refractivity contribution is 5.50. The summed E-state index contributed by atoms with van der Waals surface area (Å²) in [6, 6.07) is 12.4. The van der Waals surface area contributed by atoms with Crippen LogP contribution in [0.3, 0.4) is 0 Å². The van der Waals surface area contributed by atoms with Crippen molar-refractivity contribution in [1.82, 2.24) is 20.1 Å². The third-order valence-electron chi connectivity index (χ3n) is 4.94. The summed E-state index contributed by atoms with van der Waals surface area (Å²) < 4.78 is 5.90. The van der Waals surface area contributed by atoms with Gasteiger partial charge in [0.25, 0.3) is 0 Å². The number of nitrogens with zero attached hydrogens (tertiary/aromatic N) is 4. The van der Waals surface area contributed by atoms with E-state index in [1.165, 1.54) is 11.1 Å². The molecule has 1 aliphatic rings. The fraction of sp³-hybridized carbons (Fsp3) is 0.350. The van der Waals surface area contributed by atoms with Gasteiger partial charge in [0.05, 0.1) is 5.56 Å². The second-order valence-corrected chi connectivity index (χ2v) is 6.66. The van der Waals surface area contributed by atoms with Crippen LogP contribution in [-0.4, -0.2) is 33.2 Å². The van der Waals surface area contributed by atoms with Crippen molar-refractivity contribution in [3.05, 3.63) is 65.8 Å². The fourth-order valence-electron chi connectivity index (χ4n) is 3.37. The number of rotatable bonds is 4. The Kier molecular flexibility index (Phi) is 4.57. The molecule has 3 aromatic rings.